The van der Waals surface area contributed by atoms with Crippen LogP contribution in [0.4, 0.5) is 10.1 Å². The summed E-state index contributed by atoms with van der Waals surface area (Å²) in [5, 5.41) is 1.82. The summed E-state index contributed by atoms with van der Waals surface area (Å²) in [7, 11) is -3.68. The van der Waals surface area contributed by atoms with Gasteiger partial charge in [0.05, 0.1) is 43.2 Å². The van der Waals surface area contributed by atoms with Crippen LogP contribution in [-0.2, 0) is 19.6 Å². The SMILES string of the molecule is O=C1C[C@@H]([NH+]2CCN(S(=O)(=O)c3ccc4ccccc4c3)CC2)C(=O)N1c1ccccc1F. The molecule has 2 aliphatic heterocycles. The zero-order valence-electron chi connectivity index (χ0n) is 17.8. The van der Waals surface area contributed by atoms with Crippen molar-refractivity contribution in [3.8, 4) is 0 Å². The number of amides is 2. The summed E-state index contributed by atoms with van der Waals surface area (Å²) in [6.07, 6.45) is -0.0140. The van der Waals surface area contributed by atoms with Crippen LogP contribution in [0.15, 0.2) is 71.6 Å². The fraction of sp³-hybridized carbons (Fsp3) is 0.250. The summed E-state index contributed by atoms with van der Waals surface area (Å²) in [5.74, 6) is -1.50. The van der Waals surface area contributed by atoms with E-state index in [-0.39, 0.29) is 30.1 Å². The van der Waals surface area contributed by atoms with Crippen LogP contribution in [0.3, 0.4) is 0 Å². The van der Waals surface area contributed by atoms with E-state index in [1.54, 1.807) is 24.3 Å². The number of hydrogen-bond donors (Lipinski definition) is 1. The minimum Gasteiger partial charge on any atom is -0.322 e. The largest absolute Gasteiger partial charge is 0.322 e. The van der Waals surface area contributed by atoms with E-state index in [0.29, 0.717) is 13.1 Å². The van der Waals surface area contributed by atoms with Gasteiger partial charge in [0.2, 0.25) is 15.9 Å². The molecule has 33 heavy (non-hydrogen) atoms. The Morgan fingerprint density at radius 2 is 1.55 bits per heavy atom. The van der Waals surface area contributed by atoms with Gasteiger partial charge in [-0.3, -0.25) is 9.59 Å². The molecule has 2 amide bonds. The number of anilines is 1. The highest BCUT2D eigenvalue weighted by atomic mass is 32.2. The van der Waals surface area contributed by atoms with Gasteiger partial charge in [0.25, 0.3) is 5.91 Å². The molecule has 2 fully saturated rings. The molecule has 3 aromatic carbocycles. The van der Waals surface area contributed by atoms with Crippen LogP contribution in [0.25, 0.3) is 10.8 Å². The summed E-state index contributed by atoms with van der Waals surface area (Å²) in [6, 6.07) is 17.7. The van der Waals surface area contributed by atoms with Gasteiger partial charge < -0.3 is 4.90 Å². The van der Waals surface area contributed by atoms with Gasteiger partial charge in [-0.25, -0.2) is 17.7 Å². The van der Waals surface area contributed by atoms with E-state index in [2.05, 4.69) is 0 Å². The van der Waals surface area contributed by atoms with Gasteiger partial charge in [0, 0.05) is 0 Å². The first kappa shape index (κ1) is 21.7. The maximum atomic E-state index is 14.2. The molecule has 1 N–H and O–H groups in total. The Balaban J connectivity index is 1.30. The number of carbonyl (C=O) groups excluding carboxylic acids is 2. The third kappa shape index (κ3) is 3.82. The summed E-state index contributed by atoms with van der Waals surface area (Å²) < 4.78 is 42.0. The number of imide groups is 1. The summed E-state index contributed by atoms with van der Waals surface area (Å²) >= 11 is 0. The predicted octanol–water partition coefficient (Wildman–Crippen LogP) is 1.20. The standard InChI is InChI=1S/C24H22FN3O4S/c25-20-7-3-4-8-21(20)28-23(29)16-22(24(28)30)26-11-13-27(14-12-26)33(31,32)19-10-9-17-5-1-2-6-18(17)15-19/h1-10,15,22H,11-14,16H2/p+1/t22-/m1/s1. The molecule has 7 nitrogen and oxygen atoms in total. The van der Waals surface area contributed by atoms with E-state index >= 15 is 0 Å². The molecule has 1 atom stereocenters. The molecular weight excluding hydrogens is 445 g/mol. The van der Waals surface area contributed by atoms with Crippen molar-refractivity contribution in [2.75, 3.05) is 31.1 Å². The molecule has 0 bridgehead atoms. The lowest BCUT2D eigenvalue weighted by Gasteiger charge is -2.33. The van der Waals surface area contributed by atoms with Crippen molar-refractivity contribution in [3.05, 3.63) is 72.5 Å². The molecule has 2 saturated heterocycles. The monoisotopic (exact) mass is 468 g/mol. The normalized spacial score (nSPS) is 20.6. The highest BCUT2D eigenvalue weighted by Crippen LogP contribution is 2.25. The number of sulfonamides is 1. The molecule has 0 spiro atoms. The quantitative estimate of drug-likeness (QED) is 0.584. The molecule has 0 saturated carbocycles. The Labute approximate surface area is 191 Å². The Bertz CT molecular complexity index is 1350. The van der Waals surface area contributed by atoms with Crippen molar-refractivity contribution in [1.29, 1.82) is 0 Å². The molecule has 0 aliphatic carbocycles. The van der Waals surface area contributed by atoms with Crippen LogP contribution in [0.2, 0.25) is 0 Å². The summed E-state index contributed by atoms with van der Waals surface area (Å²) in [5.41, 5.74) is -0.0353. The Morgan fingerprint density at radius 1 is 0.879 bits per heavy atom. The highest BCUT2D eigenvalue weighted by molar-refractivity contribution is 7.89. The van der Waals surface area contributed by atoms with E-state index in [1.807, 2.05) is 24.3 Å². The number of rotatable bonds is 4. The van der Waals surface area contributed by atoms with Crippen molar-refractivity contribution in [3.63, 3.8) is 0 Å². The fourth-order valence-corrected chi connectivity index (χ4v) is 6.15. The number of para-hydroxylation sites is 1. The van der Waals surface area contributed by atoms with Gasteiger partial charge in [-0.2, -0.15) is 4.31 Å². The van der Waals surface area contributed by atoms with Gasteiger partial charge >= 0.3 is 0 Å². The number of piperazine rings is 1. The number of fused-ring (bicyclic) bond motifs is 1. The van der Waals surface area contributed by atoms with Gasteiger partial charge in [-0.1, -0.05) is 42.5 Å². The van der Waals surface area contributed by atoms with E-state index < -0.39 is 33.7 Å². The average molecular weight is 469 g/mol. The first-order valence-corrected chi connectivity index (χ1v) is 12.2. The Morgan fingerprint density at radius 3 is 2.27 bits per heavy atom. The van der Waals surface area contributed by atoms with Crippen molar-refractivity contribution >= 4 is 38.3 Å². The molecule has 3 aromatic rings. The molecule has 9 heteroatoms. The zero-order chi connectivity index (χ0) is 23.2. The minimum atomic E-state index is -3.68. The number of carbonyl (C=O) groups is 2. The molecular formula is C24H23FN3O4S+. The summed E-state index contributed by atoms with van der Waals surface area (Å²) in [6.45, 7) is 1.26. The number of hydrogen-bond acceptors (Lipinski definition) is 4. The third-order valence-corrected chi connectivity index (χ3v) is 8.35. The van der Waals surface area contributed by atoms with Crippen LogP contribution >= 0.6 is 0 Å². The summed E-state index contributed by atoms with van der Waals surface area (Å²) in [4.78, 5) is 27.5. The predicted molar refractivity (Wildman–Crippen MR) is 121 cm³/mol. The Kier molecular flexibility index (Phi) is 5.48. The second-order valence-corrected chi connectivity index (χ2v) is 10.3. The molecule has 2 aliphatic rings. The van der Waals surface area contributed by atoms with Crippen LogP contribution < -0.4 is 9.80 Å². The number of nitrogens with zero attached hydrogens (tertiary/aromatic N) is 2. The van der Waals surface area contributed by atoms with Crippen molar-refractivity contribution in [2.24, 2.45) is 0 Å². The maximum absolute atomic E-state index is 14.2. The fourth-order valence-electron chi connectivity index (χ4n) is 4.68. The molecule has 2 heterocycles. The molecule has 170 valence electrons. The van der Waals surface area contributed by atoms with Gasteiger partial charge in [0.1, 0.15) is 5.82 Å². The van der Waals surface area contributed by atoms with E-state index in [0.717, 1.165) is 20.6 Å². The Hall–Kier alpha value is -3.14. The molecule has 0 radical (unpaired) electrons. The molecule has 5 rings (SSSR count). The van der Waals surface area contributed by atoms with Crippen LogP contribution in [0.1, 0.15) is 6.42 Å². The second-order valence-electron chi connectivity index (χ2n) is 8.35. The number of benzene rings is 3. The lowest BCUT2D eigenvalue weighted by Crippen LogP contribution is -3.19. The second kappa shape index (κ2) is 8.33. The topological polar surface area (TPSA) is 79.2 Å². The van der Waals surface area contributed by atoms with Gasteiger partial charge in [-0.05, 0) is 35.0 Å². The lowest BCUT2D eigenvalue weighted by atomic mass is 10.1. The number of nitrogens with one attached hydrogen (secondary N) is 1. The third-order valence-electron chi connectivity index (χ3n) is 6.46. The van der Waals surface area contributed by atoms with E-state index in [4.69, 9.17) is 0 Å². The number of quaternary nitrogens is 1. The van der Waals surface area contributed by atoms with Crippen molar-refractivity contribution < 1.29 is 27.3 Å². The van der Waals surface area contributed by atoms with E-state index in [1.165, 1.54) is 22.5 Å². The van der Waals surface area contributed by atoms with Gasteiger partial charge in [-0.15, -0.1) is 0 Å². The molecule has 0 unspecified atom stereocenters. The van der Waals surface area contributed by atoms with Crippen molar-refractivity contribution in [1.82, 2.24) is 4.31 Å². The van der Waals surface area contributed by atoms with Crippen LogP contribution in [0.5, 0.6) is 0 Å². The van der Waals surface area contributed by atoms with Crippen LogP contribution in [-0.4, -0.2) is 56.8 Å². The molecule has 0 aromatic heterocycles. The highest BCUT2D eigenvalue weighted by Gasteiger charge is 2.47. The first-order valence-electron chi connectivity index (χ1n) is 10.8. The average Bonchev–Trinajstić information content (AvgIpc) is 3.13. The van der Waals surface area contributed by atoms with Crippen molar-refractivity contribution in [2.45, 2.75) is 17.4 Å². The van der Waals surface area contributed by atoms with Gasteiger partial charge in [0.15, 0.2) is 6.04 Å². The number of halogens is 1. The zero-order valence-corrected chi connectivity index (χ0v) is 18.6. The lowest BCUT2D eigenvalue weighted by molar-refractivity contribution is -0.918. The maximum Gasteiger partial charge on any atom is 0.292 e. The minimum absolute atomic E-state index is 0.0140. The first-order chi connectivity index (χ1) is 15.9. The van der Waals surface area contributed by atoms with E-state index in [9.17, 15) is 22.4 Å². The smallest absolute Gasteiger partial charge is 0.292 e. The van der Waals surface area contributed by atoms with Crippen LogP contribution in [0, 0.1) is 5.82 Å².